The van der Waals surface area contributed by atoms with Gasteiger partial charge in [-0.05, 0) is 19.3 Å². The Balaban J connectivity index is 1.80. The van der Waals surface area contributed by atoms with Crippen LogP contribution in [-0.2, 0) is 14.3 Å². The molecule has 136 valence electrons. The highest BCUT2D eigenvalue weighted by atomic mass is 16.5. The quantitative estimate of drug-likeness (QED) is 0.768. The summed E-state index contributed by atoms with van der Waals surface area (Å²) in [7, 11) is 3.26. The second kappa shape index (κ2) is 8.86. The van der Waals surface area contributed by atoms with E-state index in [0.717, 1.165) is 19.3 Å². The zero-order chi connectivity index (χ0) is 17.5. The molecule has 0 saturated carbocycles. The van der Waals surface area contributed by atoms with Crippen molar-refractivity contribution in [3.05, 3.63) is 0 Å². The number of hydrogen-bond donors (Lipinski definition) is 1. The van der Waals surface area contributed by atoms with Crippen LogP contribution in [0.25, 0.3) is 0 Å². The van der Waals surface area contributed by atoms with Crippen LogP contribution in [-0.4, -0.2) is 92.6 Å². The van der Waals surface area contributed by atoms with Gasteiger partial charge in [0.05, 0.1) is 6.54 Å². The summed E-state index contributed by atoms with van der Waals surface area (Å²) in [5.74, 6) is 0.138. The van der Waals surface area contributed by atoms with E-state index in [1.165, 1.54) is 4.90 Å². The fraction of sp³-hybridized carbons (Fsp3) is 0.812. The number of hydrogen-bond acceptors (Lipinski definition) is 4. The van der Waals surface area contributed by atoms with Crippen molar-refractivity contribution in [2.75, 3.05) is 60.0 Å². The van der Waals surface area contributed by atoms with Gasteiger partial charge in [0.25, 0.3) is 0 Å². The lowest BCUT2D eigenvalue weighted by Crippen LogP contribution is -2.45. The van der Waals surface area contributed by atoms with Gasteiger partial charge in [0.1, 0.15) is 0 Å². The molecule has 0 aromatic carbocycles. The maximum atomic E-state index is 12.6. The zero-order valence-electron chi connectivity index (χ0n) is 14.6. The summed E-state index contributed by atoms with van der Waals surface area (Å²) >= 11 is 0. The summed E-state index contributed by atoms with van der Waals surface area (Å²) in [4.78, 5) is 41.3. The monoisotopic (exact) mass is 340 g/mol. The Kier molecular flexibility index (Phi) is 6.84. The summed E-state index contributed by atoms with van der Waals surface area (Å²) in [6.07, 6.45) is 2.34. The van der Waals surface area contributed by atoms with Crippen molar-refractivity contribution in [1.29, 1.82) is 0 Å². The molecule has 0 atom stereocenters. The predicted molar refractivity (Wildman–Crippen MR) is 88.4 cm³/mol. The third-order valence-corrected chi connectivity index (χ3v) is 4.53. The molecule has 1 N–H and O–H groups in total. The van der Waals surface area contributed by atoms with Gasteiger partial charge < -0.3 is 24.8 Å². The van der Waals surface area contributed by atoms with Gasteiger partial charge in [-0.15, -0.1) is 0 Å². The van der Waals surface area contributed by atoms with E-state index < -0.39 is 0 Å². The molecule has 2 heterocycles. The molecule has 0 spiro atoms. The molecule has 2 saturated heterocycles. The van der Waals surface area contributed by atoms with Crippen LogP contribution in [0.2, 0.25) is 0 Å². The van der Waals surface area contributed by atoms with Crippen LogP contribution in [0, 0.1) is 5.92 Å². The van der Waals surface area contributed by atoms with Gasteiger partial charge in [-0.1, -0.05) is 0 Å². The fourth-order valence-electron chi connectivity index (χ4n) is 3.01. The lowest BCUT2D eigenvalue weighted by atomic mass is 9.98. The number of carbonyl (C=O) groups excluding carboxylic acids is 3. The second-order valence-electron chi connectivity index (χ2n) is 6.50. The molecule has 0 aliphatic carbocycles. The number of nitrogens with one attached hydrogen (secondary N) is 1. The van der Waals surface area contributed by atoms with E-state index in [4.69, 9.17) is 4.74 Å². The molecule has 0 unspecified atom stereocenters. The van der Waals surface area contributed by atoms with Crippen LogP contribution in [0.5, 0.6) is 0 Å². The first-order valence-corrected chi connectivity index (χ1v) is 8.58. The van der Waals surface area contributed by atoms with Crippen LogP contribution in [0.1, 0.15) is 19.3 Å². The number of nitrogens with zero attached hydrogens (tertiary/aromatic N) is 3. The van der Waals surface area contributed by atoms with Crippen molar-refractivity contribution in [2.24, 2.45) is 5.92 Å². The molecular formula is C16H28N4O4. The molecule has 8 nitrogen and oxygen atoms in total. The van der Waals surface area contributed by atoms with Crippen molar-refractivity contribution in [3.8, 4) is 0 Å². The van der Waals surface area contributed by atoms with E-state index in [-0.39, 0.29) is 30.3 Å². The first-order chi connectivity index (χ1) is 11.5. The SMILES string of the molecule is CN(C)C(=O)NCC(=O)N1CCCN(C(=O)C2CCOCC2)CC1. The molecule has 0 radical (unpaired) electrons. The Morgan fingerprint density at radius 2 is 1.67 bits per heavy atom. The third-order valence-electron chi connectivity index (χ3n) is 4.53. The van der Waals surface area contributed by atoms with Gasteiger partial charge in [0.15, 0.2) is 0 Å². The van der Waals surface area contributed by atoms with Gasteiger partial charge in [-0.3, -0.25) is 9.59 Å². The Labute approximate surface area is 143 Å². The molecule has 24 heavy (non-hydrogen) atoms. The van der Waals surface area contributed by atoms with Crippen molar-refractivity contribution in [3.63, 3.8) is 0 Å². The standard InChI is InChI=1S/C16H28N4O4/c1-18(2)16(23)17-12-14(21)19-6-3-7-20(9-8-19)15(22)13-4-10-24-11-5-13/h13H,3-12H2,1-2H3,(H,17,23). The van der Waals surface area contributed by atoms with E-state index >= 15 is 0 Å². The highest BCUT2D eigenvalue weighted by Gasteiger charge is 2.28. The van der Waals surface area contributed by atoms with Gasteiger partial charge in [0.2, 0.25) is 11.8 Å². The smallest absolute Gasteiger partial charge is 0.317 e. The lowest BCUT2D eigenvalue weighted by Gasteiger charge is -2.28. The molecule has 0 aromatic heterocycles. The number of urea groups is 1. The summed E-state index contributed by atoms with van der Waals surface area (Å²) in [6.45, 7) is 3.68. The molecule has 2 fully saturated rings. The minimum absolute atomic E-state index is 0.00900. The largest absolute Gasteiger partial charge is 0.381 e. The van der Waals surface area contributed by atoms with Gasteiger partial charge in [0, 0.05) is 59.4 Å². The predicted octanol–water partition coefficient (Wildman–Crippen LogP) is -0.255. The van der Waals surface area contributed by atoms with E-state index in [9.17, 15) is 14.4 Å². The molecule has 0 bridgehead atoms. The van der Waals surface area contributed by atoms with E-state index in [1.807, 2.05) is 4.90 Å². The third kappa shape index (κ3) is 5.09. The normalized spacial score (nSPS) is 19.6. The Morgan fingerprint density at radius 1 is 1.04 bits per heavy atom. The second-order valence-corrected chi connectivity index (χ2v) is 6.50. The highest BCUT2D eigenvalue weighted by molar-refractivity contribution is 5.84. The first-order valence-electron chi connectivity index (χ1n) is 8.58. The number of amides is 4. The summed E-state index contributed by atoms with van der Waals surface area (Å²) in [5.41, 5.74) is 0. The molecule has 0 aromatic rings. The van der Waals surface area contributed by atoms with Gasteiger partial charge >= 0.3 is 6.03 Å². The molecule has 4 amide bonds. The number of carbonyl (C=O) groups is 3. The van der Waals surface area contributed by atoms with Crippen molar-refractivity contribution >= 4 is 17.8 Å². The van der Waals surface area contributed by atoms with Crippen LogP contribution in [0.3, 0.4) is 0 Å². The summed E-state index contributed by atoms with van der Waals surface area (Å²) in [5, 5.41) is 2.59. The summed E-state index contributed by atoms with van der Waals surface area (Å²) in [6, 6.07) is -0.283. The highest BCUT2D eigenvalue weighted by Crippen LogP contribution is 2.18. The first kappa shape index (κ1) is 18.5. The number of rotatable bonds is 3. The molecule has 2 aliphatic heterocycles. The Bertz CT molecular complexity index is 463. The molecule has 8 heteroatoms. The summed E-state index contributed by atoms with van der Waals surface area (Å²) < 4.78 is 5.31. The van der Waals surface area contributed by atoms with Crippen LogP contribution < -0.4 is 5.32 Å². The Hall–Kier alpha value is -1.83. The molecule has 2 aliphatic rings. The van der Waals surface area contributed by atoms with Crippen LogP contribution >= 0.6 is 0 Å². The average Bonchev–Trinajstić information content (AvgIpc) is 2.85. The Morgan fingerprint density at radius 3 is 2.33 bits per heavy atom. The number of ether oxygens (including phenoxy) is 1. The minimum Gasteiger partial charge on any atom is -0.381 e. The maximum absolute atomic E-state index is 12.6. The fourth-order valence-corrected chi connectivity index (χ4v) is 3.01. The molecule has 2 rings (SSSR count). The topological polar surface area (TPSA) is 82.2 Å². The maximum Gasteiger partial charge on any atom is 0.317 e. The van der Waals surface area contributed by atoms with Crippen LogP contribution in [0.4, 0.5) is 4.79 Å². The van der Waals surface area contributed by atoms with Crippen molar-refractivity contribution < 1.29 is 19.1 Å². The van der Waals surface area contributed by atoms with E-state index in [0.29, 0.717) is 39.4 Å². The molecular weight excluding hydrogens is 312 g/mol. The minimum atomic E-state index is -0.283. The van der Waals surface area contributed by atoms with Gasteiger partial charge in [-0.2, -0.15) is 0 Å². The van der Waals surface area contributed by atoms with Crippen molar-refractivity contribution in [1.82, 2.24) is 20.0 Å². The zero-order valence-corrected chi connectivity index (χ0v) is 14.6. The van der Waals surface area contributed by atoms with E-state index in [1.54, 1.807) is 19.0 Å². The average molecular weight is 340 g/mol. The van der Waals surface area contributed by atoms with E-state index in [2.05, 4.69) is 5.32 Å². The van der Waals surface area contributed by atoms with Crippen molar-refractivity contribution in [2.45, 2.75) is 19.3 Å². The van der Waals surface area contributed by atoms with Gasteiger partial charge in [-0.25, -0.2) is 4.79 Å². The van der Waals surface area contributed by atoms with Crippen LogP contribution in [0.15, 0.2) is 0 Å². The lowest BCUT2D eigenvalue weighted by molar-refractivity contribution is -0.139.